The van der Waals surface area contributed by atoms with Gasteiger partial charge in [-0.15, -0.1) is 0 Å². The van der Waals surface area contributed by atoms with E-state index in [4.69, 9.17) is 37.9 Å². The summed E-state index contributed by atoms with van der Waals surface area (Å²) in [4.78, 5) is 10.9. The Bertz CT molecular complexity index is 573. The van der Waals surface area contributed by atoms with Crippen molar-refractivity contribution in [2.45, 2.75) is 13.0 Å². The molecule has 0 fully saturated rings. The summed E-state index contributed by atoms with van der Waals surface area (Å²) in [5.41, 5.74) is 1.16. The highest BCUT2D eigenvalue weighted by Gasteiger charge is 1.99. The molecule has 0 unspecified atom stereocenters. The summed E-state index contributed by atoms with van der Waals surface area (Å²) in [5, 5.41) is 0. The number of methoxy groups -OCH3 is 1. The summed E-state index contributed by atoms with van der Waals surface area (Å²) in [6, 6.07) is 10.1. The fourth-order valence-electron chi connectivity index (χ4n) is 2.56. The van der Waals surface area contributed by atoms with Gasteiger partial charge in [0.05, 0.1) is 119 Å². The number of hydrogen-bond donors (Lipinski definition) is 0. The minimum absolute atomic E-state index is 0.251. The lowest BCUT2D eigenvalue weighted by Gasteiger charge is -2.08. The monoisotopic (exact) mass is 502 g/mol. The standard InChI is InChI=1S/C25H42O10/c1-27-25(26)7-8-28-9-10-29-11-12-30-13-14-31-15-16-32-17-18-33-19-20-34-21-22-35-23-24-5-3-2-4-6-24/h2-6H,7-23H2,1H3. The molecule has 0 aliphatic rings. The van der Waals surface area contributed by atoms with E-state index in [1.807, 2.05) is 30.3 Å². The van der Waals surface area contributed by atoms with Crippen molar-refractivity contribution in [3.05, 3.63) is 35.9 Å². The van der Waals surface area contributed by atoms with Crippen molar-refractivity contribution in [3.63, 3.8) is 0 Å². The van der Waals surface area contributed by atoms with Crippen molar-refractivity contribution in [1.82, 2.24) is 0 Å². The second kappa shape index (κ2) is 25.5. The molecule has 1 aromatic rings. The molecule has 0 heterocycles. The molecule has 0 spiro atoms. The van der Waals surface area contributed by atoms with Gasteiger partial charge in [0.1, 0.15) is 0 Å². The van der Waals surface area contributed by atoms with Gasteiger partial charge in [-0.05, 0) is 5.56 Å². The van der Waals surface area contributed by atoms with Crippen LogP contribution in [0.2, 0.25) is 0 Å². The van der Waals surface area contributed by atoms with Crippen molar-refractivity contribution in [3.8, 4) is 0 Å². The summed E-state index contributed by atoms with van der Waals surface area (Å²) in [7, 11) is 1.35. The van der Waals surface area contributed by atoms with Crippen LogP contribution in [0.15, 0.2) is 30.3 Å². The van der Waals surface area contributed by atoms with E-state index in [2.05, 4.69) is 4.74 Å². The van der Waals surface area contributed by atoms with Crippen LogP contribution in [0.4, 0.5) is 0 Å². The van der Waals surface area contributed by atoms with Crippen molar-refractivity contribution < 1.29 is 47.4 Å². The van der Waals surface area contributed by atoms with Gasteiger partial charge < -0.3 is 42.6 Å². The molecule has 202 valence electrons. The van der Waals surface area contributed by atoms with Crippen LogP contribution in [0.3, 0.4) is 0 Å². The average molecular weight is 503 g/mol. The van der Waals surface area contributed by atoms with Crippen molar-refractivity contribution >= 4 is 5.97 Å². The number of ether oxygens (including phenoxy) is 9. The molecule has 10 heteroatoms. The zero-order valence-electron chi connectivity index (χ0n) is 21.0. The number of carbonyl (C=O) groups excluding carboxylic acids is 1. The Morgan fingerprint density at radius 2 is 0.857 bits per heavy atom. The van der Waals surface area contributed by atoms with E-state index in [9.17, 15) is 4.79 Å². The number of hydrogen-bond acceptors (Lipinski definition) is 10. The third kappa shape index (κ3) is 22.6. The average Bonchev–Trinajstić information content (AvgIpc) is 2.89. The second-order valence-electron chi connectivity index (χ2n) is 7.15. The van der Waals surface area contributed by atoms with E-state index in [1.165, 1.54) is 7.11 Å². The highest BCUT2D eigenvalue weighted by atomic mass is 16.6. The maximum atomic E-state index is 10.9. The maximum Gasteiger partial charge on any atom is 0.307 e. The largest absolute Gasteiger partial charge is 0.469 e. The Kier molecular flexibility index (Phi) is 22.8. The molecule has 0 N–H and O–H groups in total. The third-order valence-electron chi connectivity index (χ3n) is 4.39. The van der Waals surface area contributed by atoms with E-state index < -0.39 is 0 Å². The Morgan fingerprint density at radius 1 is 0.514 bits per heavy atom. The Labute approximate surface area is 209 Å². The first kappa shape index (κ1) is 31.4. The summed E-state index contributed by atoms with van der Waals surface area (Å²) < 4.78 is 47.9. The molecule has 0 radical (unpaired) electrons. The first-order valence-corrected chi connectivity index (χ1v) is 12.1. The van der Waals surface area contributed by atoms with Crippen LogP contribution in [0.5, 0.6) is 0 Å². The topological polar surface area (TPSA) is 100 Å². The van der Waals surface area contributed by atoms with Crippen molar-refractivity contribution in [2.24, 2.45) is 0 Å². The van der Waals surface area contributed by atoms with Gasteiger partial charge in [0.2, 0.25) is 0 Å². The van der Waals surface area contributed by atoms with Crippen LogP contribution in [-0.4, -0.2) is 112 Å². The fourth-order valence-corrected chi connectivity index (χ4v) is 2.56. The molecule has 0 saturated heterocycles. The third-order valence-corrected chi connectivity index (χ3v) is 4.39. The van der Waals surface area contributed by atoms with E-state index in [1.54, 1.807) is 0 Å². The van der Waals surface area contributed by atoms with Gasteiger partial charge in [0.25, 0.3) is 0 Å². The highest BCUT2D eigenvalue weighted by Crippen LogP contribution is 2.00. The Balaban J connectivity index is 1.65. The summed E-state index contributed by atoms with van der Waals surface area (Å²) in [5.74, 6) is -0.281. The molecule has 0 amide bonds. The SMILES string of the molecule is COC(=O)CCOCCOCCOCCOCCOCCOCCOCCOCc1ccccc1. The van der Waals surface area contributed by atoms with Crippen LogP contribution < -0.4 is 0 Å². The first-order chi connectivity index (χ1) is 17.3. The number of benzene rings is 1. The van der Waals surface area contributed by atoms with Crippen LogP contribution in [0.1, 0.15) is 12.0 Å². The molecule has 1 rings (SSSR count). The van der Waals surface area contributed by atoms with Crippen LogP contribution in [0.25, 0.3) is 0 Å². The first-order valence-electron chi connectivity index (χ1n) is 12.1. The van der Waals surface area contributed by atoms with E-state index >= 15 is 0 Å². The lowest BCUT2D eigenvalue weighted by Crippen LogP contribution is -2.15. The Morgan fingerprint density at radius 3 is 1.23 bits per heavy atom. The zero-order chi connectivity index (χ0) is 25.1. The summed E-state index contributed by atoms with van der Waals surface area (Å²) in [6.45, 7) is 8.04. The predicted octanol–water partition coefficient (Wildman–Crippen LogP) is 1.88. The second-order valence-corrected chi connectivity index (χ2v) is 7.15. The molecule has 10 nitrogen and oxygen atoms in total. The number of rotatable bonds is 26. The molecule has 0 bridgehead atoms. The number of esters is 1. The molecule has 0 aromatic heterocycles. The highest BCUT2D eigenvalue weighted by molar-refractivity contribution is 5.69. The normalized spacial score (nSPS) is 11.1. The van der Waals surface area contributed by atoms with Gasteiger partial charge in [0.15, 0.2) is 0 Å². The number of carbonyl (C=O) groups is 1. The smallest absolute Gasteiger partial charge is 0.307 e. The van der Waals surface area contributed by atoms with Gasteiger partial charge in [-0.25, -0.2) is 0 Å². The Hall–Kier alpha value is -1.63. The molecular formula is C25H42O10. The van der Waals surface area contributed by atoms with E-state index in [0.29, 0.717) is 106 Å². The minimum atomic E-state index is -0.281. The van der Waals surface area contributed by atoms with Gasteiger partial charge >= 0.3 is 5.97 Å². The van der Waals surface area contributed by atoms with Crippen molar-refractivity contribution in [1.29, 1.82) is 0 Å². The molecule has 0 saturated carbocycles. The quantitative estimate of drug-likeness (QED) is 0.138. The molecule has 0 aliphatic carbocycles. The van der Waals surface area contributed by atoms with Gasteiger partial charge in [-0.2, -0.15) is 0 Å². The lowest BCUT2D eigenvalue weighted by molar-refractivity contribution is -0.141. The molecule has 0 atom stereocenters. The van der Waals surface area contributed by atoms with E-state index in [-0.39, 0.29) is 12.4 Å². The van der Waals surface area contributed by atoms with Crippen LogP contribution >= 0.6 is 0 Å². The predicted molar refractivity (Wildman–Crippen MR) is 128 cm³/mol. The van der Waals surface area contributed by atoms with E-state index in [0.717, 1.165) is 5.56 Å². The lowest BCUT2D eigenvalue weighted by atomic mass is 10.2. The van der Waals surface area contributed by atoms with Gasteiger partial charge in [-0.1, -0.05) is 30.3 Å². The van der Waals surface area contributed by atoms with Gasteiger partial charge in [0, 0.05) is 0 Å². The summed E-state index contributed by atoms with van der Waals surface area (Å²) >= 11 is 0. The molecule has 1 aromatic carbocycles. The van der Waals surface area contributed by atoms with Crippen LogP contribution in [-0.2, 0) is 54.0 Å². The van der Waals surface area contributed by atoms with Crippen LogP contribution in [0, 0.1) is 0 Å². The maximum absolute atomic E-state index is 10.9. The fraction of sp³-hybridized carbons (Fsp3) is 0.720. The molecule has 0 aliphatic heterocycles. The summed E-state index contributed by atoms with van der Waals surface area (Å²) in [6.07, 6.45) is 0.251. The molecule has 35 heavy (non-hydrogen) atoms. The van der Waals surface area contributed by atoms with Gasteiger partial charge in [-0.3, -0.25) is 4.79 Å². The molecular weight excluding hydrogens is 460 g/mol. The van der Waals surface area contributed by atoms with Crippen molar-refractivity contribution in [2.75, 3.05) is 106 Å². The minimum Gasteiger partial charge on any atom is -0.469 e. The zero-order valence-corrected chi connectivity index (χ0v) is 21.0.